The molecular formula is C13H24ClN3O. The molecule has 18 heavy (non-hydrogen) atoms. The van der Waals surface area contributed by atoms with Crippen LogP contribution in [0.15, 0.2) is 6.20 Å². The first-order chi connectivity index (χ1) is 8.44. The highest BCUT2D eigenvalue weighted by molar-refractivity contribution is 6.31. The molecule has 0 aliphatic carbocycles. The largest absolute Gasteiger partial charge is 0.374 e. The van der Waals surface area contributed by atoms with Gasteiger partial charge in [-0.05, 0) is 33.7 Å². The van der Waals surface area contributed by atoms with Crippen LogP contribution in [0.5, 0.6) is 0 Å². The Morgan fingerprint density at radius 3 is 2.61 bits per heavy atom. The van der Waals surface area contributed by atoms with Crippen LogP contribution in [-0.4, -0.2) is 28.5 Å². The van der Waals surface area contributed by atoms with E-state index in [2.05, 4.69) is 31.2 Å². The van der Waals surface area contributed by atoms with Crippen LogP contribution >= 0.6 is 11.6 Å². The number of nitrogens with one attached hydrogen (secondary N) is 1. The molecule has 0 amide bonds. The Hall–Kier alpha value is -0.580. The highest BCUT2D eigenvalue weighted by atomic mass is 35.5. The SMILES string of the molecule is CCCNC(c1c(Cl)cnn1C)C(C)(C)OCC. The van der Waals surface area contributed by atoms with Gasteiger partial charge in [0.15, 0.2) is 0 Å². The highest BCUT2D eigenvalue weighted by Gasteiger charge is 2.34. The van der Waals surface area contributed by atoms with Gasteiger partial charge in [0.05, 0.1) is 28.6 Å². The van der Waals surface area contributed by atoms with Crippen LogP contribution in [0.4, 0.5) is 0 Å². The van der Waals surface area contributed by atoms with Gasteiger partial charge in [0.25, 0.3) is 0 Å². The number of halogens is 1. The molecule has 1 N–H and O–H groups in total. The third-order valence-corrected chi connectivity index (χ3v) is 3.31. The summed E-state index contributed by atoms with van der Waals surface area (Å²) < 4.78 is 7.68. The summed E-state index contributed by atoms with van der Waals surface area (Å²) in [6.45, 7) is 9.89. The van der Waals surface area contributed by atoms with Gasteiger partial charge in [-0.25, -0.2) is 0 Å². The van der Waals surface area contributed by atoms with Gasteiger partial charge in [-0.2, -0.15) is 5.10 Å². The van der Waals surface area contributed by atoms with Gasteiger partial charge in [0, 0.05) is 13.7 Å². The van der Waals surface area contributed by atoms with Gasteiger partial charge in [0.2, 0.25) is 0 Å². The minimum absolute atomic E-state index is 0.0254. The van der Waals surface area contributed by atoms with Crippen molar-refractivity contribution in [2.24, 2.45) is 7.05 Å². The Morgan fingerprint density at radius 1 is 1.50 bits per heavy atom. The third-order valence-electron chi connectivity index (χ3n) is 3.02. The summed E-state index contributed by atoms with van der Waals surface area (Å²) in [5.41, 5.74) is 0.644. The Morgan fingerprint density at radius 2 is 2.17 bits per heavy atom. The van der Waals surface area contributed by atoms with Crippen molar-refractivity contribution in [2.75, 3.05) is 13.2 Å². The van der Waals surface area contributed by atoms with Crippen molar-refractivity contribution in [1.82, 2.24) is 15.1 Å². The lowest BCUT2D eigenvalue weighted by atomic mass is 9.95. The fraction of sp³-hybridized carbons (Fsp3) is 0.769. The number of rotatable bonds is 7. The minimum atomic E-state index is -0.332. The Balaban J connectivity index is 3.05. The average molecular weight is 274 g/mol. The molecule has 1 rings (SSSR count). The van der Waals surface area contributed by atoms with Gasteiger partial charge in [-0.3, -0.25) is 4.68 Å². The van der Waals surface area contributed by atoms with Gasteiger partial charge in [-0.1, -0.05) is 18.5 Å². The Labute approximate surface area is 115 Å². The quantitative estimate of drug-likeness (QED) is 0.830. The van der Waals surface area contributed by atoms with E-state index in [1.54, 1.807) is 6.20 Å². The zero-order chi connectivity index (χ0) is 13.8. The smallest absolute Gasteiger partial charge is 0.0836 e. The third kappa shape index (κ3) is 3.46. The summed E-state index contributed by atoms with van der Waals surface area (Å²) in [6, 6.07) is 0.0254. The number of aryl methyl sites for hydroxylation is 1. The van der Waals surface area contributed by atoms with Gasteiger partial charge in [0.1, 0.15) is 0 Å². The molecule has 0 saturated carbocycles. The number of ether oxygens (including phenoxy) is 1. The molecule has 1 unspecified atom stereocenters. The fourth-order valence-electron chi connectivity index (χ4n) is 2.16. The molecule has 0 aromatic carbocycles. The number of hydrogen-bond acceptors (Lipinski definition) is 3. The molecule has 0 bridgehead atoms. The summed E-state index contributed by atoms with van der Waals surface area (Å²) in [5.74, 6) is 0. The second-order valence-corrected chi connectivity index (χ2v) is 5.33. The molecule has 1 aromatic rings. The Bertz CT molecular complexity index is 357. The molecular weight excluding hydrogens is 250 g/mol. The molecule has 1 atom stereocenters. The fourth-order valence-corrected chi connectivity index (χ4v) is 2.44. The van der Waals surface area contributed by atoms with Gasteiger partial charge >= 0.3 is 0 Å². The van der Waals surface area contributed by atoms with E-state index in [-0.39, 0.29) is 11.6 Å². The Kier molecular flexibility index (Phi) is 5.63. The van der Waals surface area contributed by atoms with Crippen LogP contribution in [0.1, 0.15) is 45.9 Å². The molecule has 104 valence electrons. The lowest BCUT2D eigenvalue weighted by molar-refractivity contribution is -0.0409. The van der Waals surface area contributed by atoms with E-state index >= 15 is 0 Å². The maximum atomic E-state index is 6.25. The predicted octanol–water partition coefficient (Wildman–Crippen LogP) is 2.93. The lowest BCUT2D eigenvalue weighted by Gasteiger charge is -2.35. The van der Waals surface area contributed by atoms with E-state index in [9.17, 15) is 0 Å². The first-order valence-corrected chi connectivity index (χ1v) is 6.86. The van der Waals surface area contributed by atoms with E-state index < -0.39 is 0 Å². The second kappa shape index (κ2) is 6.55. The average Bonchev–Trinajstić information content (AvgIpc) is 2.60. The van der Waals surface area contributed by atoms with E-state index in [4.69, 9.17) is 16.3 Å². The standard InChI is InChI=1S/C13H24ClN3O/c1-6-8-15-12(13(3,4)18-7-2)11-10(14)9-16-17(11)5/h9,12,15H,6-8H2,1-5H3. The van der Waals surface area contributed by atoms with E-state index in [1.807, 2.05) is 18.7 Å². The van der Waals surface area contributed by atoms with E-state index in [1.165, 1.54) is 0 Å². The van der Waals surface area contributed by atoms with E-state index in [0.717, 1.165) is 18.7 Å². The van der Waals surface area contributed by atoms with Crippen molar-refractivity contribution in [3.05, 3.63) is 16.9 Å². The highest BCUT2D eigenvalue weighted by Crippen LogP contribution is 2.32. The van der Waals surface area contributed by atoms with Crippen LogP contribution in [0.25, 0.3) is 0 Å². The topological polar surface area (TPSA) is 39.1 Å². The lowest BCUT2D eigenvalue weighted by Crippen LogP contribution is -2.43. The summed E-state index contributed by atoms with van der Waals surface area (Å²) in [4.78, 5) is 0. The van der Waals surface area contributed by atoms with Gasteiger partial charge in [-0.15, -0.1) is 0 Å². The summed E-state index contributed by atoms with van der Waals surface area (Å²) >= 11 is 6.25. The van der Waals surface area contributed by atoms with Crippen molar-refractivity contribution in [1.29, 1.82) is 0 Å². The van der Waals surface area contributed by atoms with Crippen LogP contribution in [0.3, 0.4) is 0 Å². The summed E-state index contributed by atoms with van der Waals surface area (Å²) in [6.07, 6.45) is 2.74. The molecule has 0 radical (unpaired) electrons. The molecule has 4 nitrogen and oxygen atoms in total. The number of nitrogens with zero attached hydrogens (tertiary/aromatic N) is 2. The molecule has 0 saturated heterocycles. The molecule has 5 heteroatoms. The normalized spacial score (nSPS) is 13.9. The van der Waals surface area contributed by atoms with Gasteiger partial charge < -0.3 is 10.1 Å². The van der Waals surface area contributed by atoms with Crippen LogP contribution in [-0.2, 0) is 11.8 Å². The maximum Gasteiger partial charge on any atom is 0.0836 e. The van der Waals surface area contributed by atoms with Crippen LogP contribution < -0.4 is 5.32 Å². The molecule has 0 spiro atoms. The first kappa shape index (κ1) is 15.5. The van der Waals surface area contributed by atoms with Crippen molar-refractivity contribution >= 4 is 11.6 Å². The zero-order valence-electron chi connectivity index (χ0n) is 12.0. The predicted molar refractivity (Wildman–Crippen MR) is 75.0 cm³/mol. The molecule has 0 aliphatic rings. The molecule has 0 aliphatic heterocycles. The minimum Gasteiger partial charge on any atom is -0.374 e. The van der Waals surface area contributed by atoms with Crippen LogP contribution in [0.2, 0.25) is 5.02 Å². The molecule has 1 aromatic heterocycles. The zero-order valence-corrected chi connectivity index (χ0v) is 12.7. The molecule has 0 fully saturated rings. The van der Waals surface area contributed by atoms with Crippen molar-refractivity contribution in [2.45, 2.75) is 45.8 Å². The van der Waals surface area contributed by atoms with Crippen molar-refractivity contribution in [3.63, 3.8) is 0 Å². The van der Waals surface area contributed by atoms with Crippen molar-refractivity contribution < 1.29 is 4.74 Å². The summed E-state index contributed by atoms with van der Waals surface area (Å²) in [7, 11) is 1.91. The second-order valence-electron chi connectivity index (χ2n) is 4.92. The number of aromatic nitrogens is 2. The molecule has 1 heterocycles. The first-order valence-electron chi connectivity index (χ1n) is 6.48. The summed E-state index contributed by atoms with van der Waals surface area (Å²) in [5, 5.41) is 8.40. The monoisotopic (exact) mass is 273 g/mol. The van der Waals surface area contributed by atoms with E-state index in [0.29, 0.717) is 11.6 Å². The number of hydrogen-bond donors (Lipinski definition) is 1. The maximum absolute atomic E-state index is 6.25. The van der Waals surface area contributed by atoms with Crippen molar-refractivity contribution in [3.8, 4) is 0 Å². The van der Waals surface area contributed by atoms with Crippen LogP contribution in [0, 0.1) is 0 Å².